The number of ether oxygens (including phenoxy) is 1. The summed E-state index contributed by atoms with van der Waals surface area (Å²) < 4.78 is 4.90. The highest BCUT2D eigenvalue weighted by Gasteiger charge is 2.10. The number of carbonyl (C=O) groups excluding carboxylic acids is 1. The quantitative estimate of drug-likeness (QED) is 0.389. The van der Waals surface area contributed by atoms with E-state index in [1.165, 1.54) is 0 Å². The predicted molar refractivity (Wildman–Crippen MR) is 69.0 cm³/mol. The second-order valence-electron chi connectivity index (χ2n) is 3.26. The minimum Gasteiger partial charge on any atom is -0.462 e. The lowest BCUT2D eigenvalue weighted by molar-refractivity contribution is 0.0527. The number of alkyl halides is 1. The monoisotopic (exact) mass is 251 g/mol. The van der Waals surface area contributed by atoms with E-state index in [-0.39, 0.29) is 0 Å². The first kappa shape index (κ1) is 13.4. The van der Waals surface area contributed by atoms with Gasteiger partial charge >= 0.3 is 5.97 Å². The number of nitrogens with two attached hydrogens (primary N) is 1. The molecule has 0 aliphatic rings. The van der Waals surface area contributed by atoms with Gasteiger partial charge in [0.05, 0.1) is 12.2 Å². The van der Waals surface area contributed by atoms with Crippen LogP contribution in [0.25, 0.3) is 0 Å². The molecule has 4 heteroatoms. The van der Waals surface area contributed by atoms with Crippen molar-refractivity contribution in [2.45, 2.75) is 13.3 Å². The van der Waals surface area contributed by atoms with Crippen molar-refractivity contribution in [3.05, 3.63) is 29.3 Å². The van der Waals surface area contributed by atoms with Gasteiger partial charge in [-0.25, -0.2) is 4.79 Å². The van der Waals surface area contributed by atoms with Crippen LogP contribution in [0.1, 0.15) is 29.3 Å². The molecule has 0 aromatic heterocycles. The summed E-state index contributed by atoms with van der Waals surface area (Å²) in [6.45, 7) is 2.07. The van der Waals surface area contributed by atoms with Crippen molar-refractivity contribution >= 4 is 23.3 Å². The first-order chi connectivity index (χ1) is 8.19. The van der Waals surface area contributed by atoms with Crippen LogP contribution in [0, 0.1) is 11.8 Å². The van der Waals surface area contributed by atoms with E-state index < -0.39 is 5.97 Å². The van der Waals surface area contributed by atoms with E-state index in [1.54, 1.807) is 25.1 Å². The van der Waals surface area contributed by atoms with Gasteiger partial charge in [0.25, 0.3) is 0 Å². The Hall–Kier alpha value is -1.66. The molecule has 0 saturated carbocycles. The van der Waals surface area contributed by atoms with Gasteiger partial charge in [0.15, 0.2) is 0 Å². The van der Waals surface area contributed by atoms with Crippen molar-refractivity contribution in [3.8, 4) is 11.8 Å². The van der Waals surface area contributed by atoms with E-state index >= 15 is 0 Å². The average molecular weight is 252 g/mol. The Morgan fingerprint density at radius 2 is 2.29 bits per heavy atom. The zero-order valence-electron chi connectivity index (χ0n) is 9.63. The van der Waals surface area contributed by atoms with Gasteiger partial charge in [0.1, 0.15) is 0 Å². The number of carbonyl (C=O) groups is 1. The molecule has 0 aliphatic carbocycles. The molecule has 0 fully saturated rings. The SMILES string of the molecule is CCOC(=O)c1cc(C#CCCCl)ccc1N. The van der Waals surface area contributed by atoms with E-state index in [0.717, 1.165) is 5.56 Å². The van der Waals surface area contributed by atoms with Crippen LogP contribution in [0.2, 0.25) is 0 Å². The molecule has 2 N–H and O–H groups in total. The van der Waals surface area contributed by atoms with Gasteiger partial charge in [-0.2, -0.15) is 0 Å². The fourth-order valence-electron chi connectivity index (χ4n) is 1.23. The number of anilines is 1. The van der Waals surface area contributed by atoms with Crippen LogP contribution >= 0.6 is 11.6 Å². The van der Waals surface area contributed by atoms with Crippen LogP contribution < -0.4 is 5.73 Å². The zero-order valence-corrected chi connectivity index (χ0v) is 10.4. The van der Waals surface area contributed by atoms with Crippen LogP contribution in [0.3, 0.4) is 0 Å². The van der Waals surface area contributed by atoms with Gasteiger partial charge in [-0.05, 0) is 25.1 Å². The summed E-state index contributed by atoms with van der Waals surface area (Å²) in [7, 11) is 0. The molecule has 0 aliphatic heterocycles. The van der Waals surface area contributed by atoms with E-state index in [1.807, 2.05) is 0 Å². The summed E-state index contributed by atoms with van der Waals surface area (Å²) in [5.41, 5.74) is 7.18. The van der Waals surface area contributed by atoms with Gasteiger partial charge in [0.2, 0.25) is 0 Å². The molecule has 3 nitrogen and oxygen atoms in total. The molecule has 1 aromatic rings. The predicted octanol–water partition coefficient (Wildman–Crippen LogP) is 2.43. The Morgan fingerprint density at radius 3 is 2.94 bits per heavy atom. The maximum absolute atomic E-state index is 11.6. The van der Waals surface area contributed by atoms with Crippen LogP contribution in [0.4, 0.5) is 5.69 Å². The van der Waals surface area contributed by atoms with E-state index in [4.69, 9.17) is 22.1 Å². The van der Waals surface area contributed by atoms with Crippen molar-refractivity contribution in [3.63, 3.8) is 0 Å². The van der Waals surface area contributed by atoms with Gasteiger partial charge < -0.3 is 10.5 Å². The third kappa shape index (κ3) is 4.01. The molecule has 0 amide bonds. The highest BCUT2D eigenvalue weighted by Crippen LogP contribution is 2.15. The summed E-state index contributed by atoms with van der Waals surface area (Å²) >= 11 is 5.52. The fourth-order valence-corrected chi connectivity index (χ4v) is 1.33. The Labute approximate surface area is 106 Å². The number of hydrogen-bond acceptors (Lipinski definition) is 3. The number of rotatable bonds is 3. The van der Waals surface area contributed by atoms with Crippen molar-refractivity contribution in [2.75, 3.05) is 18.2 Å². The molecule has 0 bridgehead atoms. The molecule has 1 rings (SSSR count). The van der Waals surface area contributed by atoms with Gasteiger partial charge in [-0.1, -0.05) is 11.8 Å². The number of esters is 1. The minimum absolute atomic E-state index is 0.320. The van der Waals surface area contributed by atoms with E-state index in [0.29, 0.717) is 30.2 Å². The molecule has 90 valence electrons. The van der Waals surface area contributed by atoms with E-state index in [9.17, 15) is 4.79 Å². The summed E-state index contributed by atoms with van der Waals surface area (Å²) in [5.74, 6) is 5.87. The molecular weight excluding hydrogens is 238 g/mol. The van der Waals surface area contributed by atoms with Crippen LogP contribution in [-0.4, -0.2) is 18.5 Å². The van der Waals surface area contributed by atoms with Gasteiger partial charge in [-0.3, -0.25) is 0 Å². The first-order valence-electron chi connectivity index (χ1n) is 5.30. The number of nitrogen functional groups attached to an aromatic ring is 1. The Morgan fingerprint density at radius 1 is 1.53 bits per heavy atom. The summed E-state index contributed by atoms with van der Waals surface area (Å²) in [6.07, 6.45) is 0.612. The highest BCUT2D eigenvalue weighted by atomic mass is 35.5. The van der Waals surface area contributed by atoms with Crippen molar-refractivity contribution in [1.82, 2.24) is 0 Å². The largest absolute Gasteiger partial charge is 0.462 e. The lowest BCUT2D eigenvalue weighted by atomic mass is 10.1. The Balaban J connectivity index is 2.95. The third-order valence-corrected chi connectivity index (χ3v) is 2.19. The van der Waals surface area contributed by atoms with Crippen LogP contribution in [0.5, 0.6) is 0 Å². The average Bonchev–Trinajstić information content (AvgIpc) is 2.32. The highest BCUT2D eigenvalue weighted by molar-refractivity contribution is 6.18. The maximum Gasteiger partial charge on any atom is 0.340 e. The molecule has 0 heterocycles. The molecule has 0 radical (unpaired) electrons. The number of hydrogen-bond donors (Lipinski definition) is 1. The molecule has 0 unspecified atom stereocenters. The molecule has 0 saturated heterocycles. The lowest BCUT2D eigenvalue weighted by Crippen LogP contribution is -2.08. The molecule has 0 spiro atoms. The second kappa shape index (κ2) is 6.82. The fraction of sp³-hybridized carbons (Fsp3) is 0.308. The van der Waals surface area contributed by atoms with Gasteiger partial charge in [0, 0.05) is 23.6 Å². The second-order valence-corrected chi connectivity index (χ2v) is 3.64. The standard InChI is InChI=1S/C13H14ClNO2/c1-2-17-13(16)11-9-10(5-3-4-8-14)6-7-12(11)15/h6-7,9H,2,4,8,15H2,1H3. The molecule has 0 atom stereocenters. The van der Waals surface area contributed by atoms with Crippen molar-refractivity contribution in [1.29, 1.82) is 0 Å². The molecular formula is C13H14ClNO2. The Bertz CT molecular complexity index is 460. The number of halogens is 1. The third-order valence-electron chi connectivity index (χ3n) is 2.00. The molecule has 1 aromatic carbocycles. The summed E-state index contributed by atoms with van der Waals surface area (Å²) in [6, 6.07) is 5.05. The Kier molecular flexibility index (Phi) is 5.38. The first-order valence-corrected chi connectivity index (χ1v) is 5.84. The van der Waals surface area contributed by atoms with Crippen molar-refractivity contribution in [2.24, 2.45) is 0 Å². The topological polar surface area (TPSA) is 52.3 Å². The van der Waals surface area contributed by atoms with Crippen LogP contribution in [0.15, 0.2) is 18.2 Å². The smallest absolute Gasteiger partial charge is 0.340 e. The summed E-state index contributed by atoms with van der Waals surface area (Å²) in [4.78, 5) is 11.6. The maximum atomic E-state index is 11.6. The van der Waals surface area contributed by atoms with Crippen LogP contribution in [-0.2, 0) is 4.74 Å². The normalized spacial score (nSPS) is 9.29. The van der Waals surface area contributed by atoms with E-state index in [2.05, 4.69) is 11.8 Å². The summed E-state index contributed by atoms with van der Waals surface area (Å²) in [5, 5.41) is 0. The minimum atomic E-state index is -0.425. The molecule has 17 heavy (non-hydrogen) atoms. The number of benzene rings is 1. The van der Waals surface area contributed by atoms with Gasteiger partial charge in [-0.15, -0.1) is 11.6 Å². The van der Waals surface area contributed by atoms with Crippen molar-refractivity contribution < 1.29 is 9.53 Å². The zero-order chi connectivity index (χ0) is 12.7. The lowest BCUT2D eigenvalue weighted by Gasteiger charge is -2.05.